The zero-order valence-electron chi connectivity index (χ0n) is 14.4. The van der Waals surface area contributed by atoms with Gasteiger partial charge in [-0.2, -0.15) is 0 Å². The summed E-state index contributed by atoms with van der Waals surface area (Å²) in [7, 11) is 0. The molecule has 1 unspecified atom stereocenters. The summed E-state index contributed by atoms with van der Waals surface area (Å²) in [6.45, 7) is 5.18. The van der Waals surface area contributed by atoms with Crippen molar-refractivity contribution in [3.05, 3.63) is 71.3 Å². The molecule has 0 radical (unpaired) electrons. The molecular weight excluding hydrogens is 300 g/mol. The van der Waals surface area contributed by atoms with Crippen LogP contribution in [0.15, 0.2) is 54.6 Å². The van der Waals surface area contributed by atoms with E-state index < -0.39 is 0 Å². The van der Waals surface area contributed by atoms with Crippen molar-refractivity contribution in [3.8, 4) is 0 Å². The second kappa shape index (κ2) is 9.21. The van der Waals surface area contributed by atoms with Crippen LogP contribution < -0.4 is 11.1 Å². The Morgan fingerprint density at radius 3 is 2.29 bits per heavy atom. The van der Waals surface area contributed by atoms with Gasteiger partial charge in [0.05, 0.1) is 6.61 Å². The van der Waals surface area contributed by atoms with Crippen LogP contribution >= 0.6 is 0 Å². The Morgan fingerprint density at radius 1 is 1.04 bits per heavy atom. The molecule has 4 heteroatoms. The number of hydrogen-bond acceptors (Lipinski definition) is 3. The number of amides is 1. The predicted octanol–water partition coefficient (Wildman–Crippen LogP) is 3.14. The molecule has 24 heavy (non-hydrogen) atoms. The van der Waals surface area contributed by atoms with Crippen molar-refractivity contribution < 1.29 is 9.53 Å². The Bertz CT molecular complexity index is 624. The molecule has 3 N–H and O–H groups in total. The van der Waals surface area contributed by atoms with Crippen LogP contribution in [0.3, 0.4) is 0 Å². The summed E-state index contributed by atoms with van der Waals surface area (Å²) < 4.78 is 5.41. The summed E-state index contributed by atoms with van der Waals surface area (Å²) in [6, 6.07) is 17.8. The predicted molar refractivity (Wildman–Crippen MR) is 96.6 cm³/mol. The van der Waals surface area contributed by atoms with Gasteiger partial charge in [-0.05, 0) is 22.6 Å². The number of carbonyl (C=O) groups excluding carboxylic acids is 1. The topological polar surface area (TPSA) is 64.3 Å². The zero-order valence-corrected chi connectivity index (χ0v) is 14.4. The lowest BCUT2D eigenvalue weighted by Crippen LogP contribution is -2.34. The first kappa shape index (κ1) is 18.2. The lowest BCUT2D eigenvalue weighted by Gasteiger charge is -2.14. The number of ether oxygens (including phenoxy) is 1. The van der Waals surface area contributed by atoms with Crippen LogP contribution in [0.5, 0.6) is 0 Å². The highest BCUT2D eigenvalue weighted by molar-refractivity contribution is 5.77. The maximum atomic E-state index is 11.8. The third-order valence-electron chi connectivity index (χ3n) is 3.90. The van der Waals surface area contributed by atoms with Crippen molar-refractivity contribution in [1.29, 1.82) is 0 Å². The first-order chi connectivity index (χ1) is 11.6. The highest BCUT2D eigenvalue weighted by atomic mass is 16.5. The molecule has 128 valence electrons. The quantitative estimate of drug-likeness (QED) is 0.783. The van der Waals surface area contributed by atoms with Crippen molar-refractivity contribution in [2.75, 3.05) is 13.2 Å². The van der Waals surface area contributed by atoms with Crippen LogP contribution in [0.25, 0.3) is 0 Å². The number of rotatable bonds is 8. The molecule has 4 nitrogen and oxygen atoms in total. The molecule has 0 aromatic heterocycles. The van der Waals surface area contributed by atoms with E-state index in [1.165, 1.54) is 5.56 Å². The minimum Gasteiger partial charge on any atom is -0.367 e. The van der Waals surface area contributed by atoms with E-state index >= 15 is 0 Å². The third-order valence-corrected chi connectivity index (χ3v) is 3.90. The van der Waals surface area contributed by atoms with Crippen LogP contribution in [0.2, 0.25) is 0 Å². The van der Waals surface area contributed by atoms with Crippen LogP contribution in [-0.4, -0.2) is 19.1 Å². The second-order valence-corrected chi connectivity index (χ2v) is 6.21. The fourth-order valence-corrected chi connectivity index (χ4v) is 2.36. The van der Waals surface area contributed by atoms with Crippen molar-refractivity contribution in [2.24, 2.45) is 5.73 Å². The Labute approximate surface area is 144 Å². The van der Waals surface area contributed by atoms with Gasteiger partial charge in [-0.15, -0.1) is 0 Å². The number of nitrogens with two attached hydrogens (primary N) is 1. The maximum absolute atomic E-state index is 11.8. The molecule has 2 aromatic carbocycles. The van der Waals surface area contributed by atoms with Crippen molar-refractivity contribution >= 4 is 5.91 Å². The fourth-order valence-electron chi connectivity index (χ4n) is 2.36. The highest BCUT2D eigenvalue weighted by Crippen LogP contribution is 2.17. The normalized spacial score (nSPS) is 12.2. The Hall–Kier alpha value is -2.17. The van der Waals surface area contributed by atoms with E-state index in [1.807, 2.05) is 42.5 Å². The summed E-state index contributed by atoms with van der Waals surface area (Å²) in [6.07, 6.45) is 0. The molecule has 0 heterocycles. The Balaban J connectivity index is 1.70. The molecule has 0 spiro atoms. The van der Waals surface area contributed by atoms with Gasteiger partial charge in [0.25, 0.3) is 0 Å². The maximum Gasteiger partial charge on any atom is 0.246 e. The van der Waals surface area contributed by atoms with E-state index in [9.17, 15) is 4.79 Å². The van der Waals surface area contributed by atoms with Crippen LogP contribution in [0, 0.1) is 0 Å². The Morgan fingerprint density at radius 2 is 1.67 bits per heavy atom. The summed E-state index contributed by atoms with van der Waals surface area (Å²) >= 11 is 0. The molecule has 0 saturated carbocycles. The lowest BCUT2D eigenvalue weighted by atomic mass is 9.99. The molecule has 0 fully saturated rings. The molecule has 0 bridgehead atoms. The van der Waals surface area contributed by atoms with Gasteiger partial charge in [0.2, 0.25) is 5.91 Å². The minimum absolute atomic E-state index is 0.0356. The van der Waals surface area contributed by atoms with Gasteiger partial charge in [-0.25, -0.2) is 0 Å². The first-order valence-electron chi connectivity index (χ1n) is 8.30. The molecule has 2 rings (SSSR count). The van der Waals surface area contributed by atoms with Crippen molar-refractivity contribution in [1.82, 2.24) is 5.32 Å². The van der Waals surface area contributed by atoms with Gasteiger partial charge >= 0.3 is 0 Å². The number of hydrogen-bond donors (Lipinski definition) is 2. The van der Waals surface area contributed by atoms with Crippen LogP contribution in [0.1, 0.15) is 42.5 Å². The molecule has 0 aliphatic heterocycles. The average Bonchev–Trinajstić information content (AvgIpc) is 2.60. The van der Waals surface area contributed by atoms with Gasteiger partial charge in [-0.1, -0.05) is 68.4 Å². The van der Waals surface area contributed by atoms with E-state index in [0.29, 0.717) is 19.1 Å². The SMILES string of the molecule is CC(C)c1ccc(C(N)CNC(=O)COCc2ccccc2)cc1. The average molecular weight is 326 g/mol. The zero-order chi connectivity index (χ0) is 17.4. The van der Waals surface area contributed by atoms with Crippen molar-refractivity contribution in [3.63, 3.8) is 0 Å². The molecule has 1 atom stereocenters. The minimum atomic E-state index is -0.218. The molecule has 2 aromatic rings. The van der Waals surface area contributed by atoms with Gasteiger partial charge in [0.15, 0.2) is 0 Å². The molecule has 0 saturated heterocycles. The second-order valence-electron chi connectivity index (χ2n) is 6.21. The number of nitrogens with one attached hydrogen (secondary N) is 1. The highest BCUT2D eigenvalue weighted by Gasteiger charge is 2.09. The van der Waals surface area contributed by atoms with Crippen LogP contribution in [0.4, 0.5) is 0 Å². The standard InChI is InChI=1S/C20H26N2O2/c1-15(2)17-8-10-18(11-9-17)19(21)12-22-20(23)14-24-13-16-6-4-3-5-7-16/h3-11,15,19H,12-14,21H2,1-2H3,(H,22,23). The summed E-state index contributed by atoms with van der Waals surface area (Å²) in [5.74, 6) is 0.344. The monoisotopic (exact) mass is 326 g/mol. The molecule has 1 amide bonds. The largest absolute Gasteiger partial charge is 0.367 e. The van der Waals surface area contributed by atoms with Gasteiger partial charge in [-0.3, -0.25) is 4.79 Å². The van der Waals surface area contributed by atoms with E-state index in [0.717, 1.165) is 11.1 Å². The summed E-state index contributed by atoms with van der Waals surface area (Å²) in [4.78, 5) is 11.8. The fraction of sp³-hybridized carbons (Fsp3) is 0.350. The van der Waals surface area contributed by atoms with E-state index in [-0.39, 0.29) is 18.6 Å². The van der Waals surface area contributed by atoms with Gasteiger partial charge < -0.3 is 15.8 Å². The molecule has 0 aliphatic rings. The van der Waals surface area contributed by atoms with E-state index in [4.69, 9.17) is 10.5 Å². The van der Waals surface area contributed by atoms with Gasteiger partial charge in [0, 0.05) is 12.6 Å². The number of benzene rings is 2. The van der Waals surface area contributed by atoms with Gasteiger partial charge in [0.1, 0.15) is 6.61 Å². The number of carbonyl (C=O) groups is 1. The van der Waals surface area contributed by atoms with E-state index in [2.05, 4.69) is 31.3 Å². The third kappa shape index (κ3) is 5.80. The first-order valence-corrected chi connectivity index (χ1v) is 8.30. The summed E-state index contributed by atoms with van der Waals surface area (Å²) in [5, 5.41) is 2.82. The van der Waals surface area contributed by atoms with Crippen molar-refractivity contribution in [2.45, 2.75) is 32.4 Å². The molecular formula is C20H26N2O2. The Kier molecular flexibility index (Phi) is 6.97. The smallest absolute Gasteiger partial charge is 0.246 e. The van der Waals surface area contributed by atoms with E-state index in [1.54, 1.807) is 0 Å². The van der Waals surface area contributed by atoms with Crippen LogP contribution in [-0.2, 0) is 16.1 Å². The lowest BCUT2D eigenvalue weighted by molar-refractivity contribution is -0.126. The molecule has 0 aliphatic carbocycles. The summed E-state index contributed by atoms with van der Waals surface area (Å²) in [5.41, 5.74) is 9.48.